The van der Waals surface area contributed by atoms with Gasteiger partial charge in [0.05, 0.1) is 6.61 Å². The highest BCUT2D eigenvalue weighted by Crippen LogP contribution is 2.10. The normalized spacial score (nSPS) is 10.1. The lowest BCUT2D eigenvalue weighted by molar-refractivity contribution is 0.304. The SMILES string of the molecule is CCCCCCCCCOc1ccccc1.N.O=S(=O)(O)O. The molecule has 0 saturated carbocycles. The van der Waals surface area contributed by atoms with Crippen LogP contribution in [0.3, 0.4) is 0 Å². The standard InChI is InChI=1S/C15H24O.H3N.H2O4S/c1-2-3-4-5-6-7-11-14-16-15-12-9-8-10-13-15;;1-5(2,3)4/h8-10,12-13H,2-7,11,14H2,1H3;1H3;(H2,1,2,3,4). The van der Waals surface area contributed by atoms with E-state index in [4.69, 9.17) is 22.3 Å². The number of hydrogen-bond donors (Lipinski definition) is 3. The van der Waals surface area contributed by atoms with E-state index in [0.29, 0.717) is 0 Å². The van der Waals surface area contributed by atoms with E-state index in [-0.39, 0.29) is 6.15 Å². The number of benzene rings is 1. The molecule has 0 aromatic heterocycles. The molecule has 0 heterocycles. The van der Waals surface area contributed by atoms with Gasteiger partial charge in [-0.1, -0.05) is 63.6 Å². The molecule has 0 radical (unpaired) electrons. The molecular weight excluding hydrogens is 306 g/mol. The minimum atomic E-state index is -4.67. The Morgan fingerprint density at radius 1 is 0.909 bits per heavy atom. The molecule has 0 aliphatic rings. The van der Waals surface area contributed by atoms with Crippen LogP contribution in [-0.4, -0.2) is 24.1 Å². The molecule has 0 amide bonds. The van der Waals surface area contributed by atoms with Crippen LogP contribution in [0.4, 0.5) is 0 Å². The highest BCUT2D eigenvalue weighted by molar-refractivity contribution is 7.79. The van der Waals surface area contributed by atoms with Gasteiger partial charge in [0, 0.05) is 0 Å². The fourth-order valence-corrected chi connectivity index (χ4v) is 1.77. The van der Waals surface area contributed by atoms with Gasteiger partial charge in [-0.2, -0.15) is 8.42 Å². The van der Waals surface area contributed by atoms with Crippen molar-refractivity contribution in [3.05, 3.63) is 30.3 Å². The van der Waals surface area contributed by atoms with E-state index < -0.39 is 10.4 Å². The summed E-state index contributed by atoms with van der Waals surface area (Å²) in [5.74, 6) is 0.994. The maximum absolute atomic E-state index is 8.74. The van der Waals surface area contributed by atoms with Gasteiger partial charge in [0.15, 0.2) is 0 Å². The van der Waals surface area contributed by atoms with Crippen LogP contribution in [0.15, 0.2) is 30.3 Å². The van der Waals surface area contributed by atoms with Gasteiger partial charge in [-0.05, 0) is 18.6 Å². The number of rotatable bonds is 9. The van der Waals surface area contributed by atoms with E-state index in [1.165, 1.54) is 44.9 Å². The first-order valence-electron chi connectivity index (χ1n) is 7.31. The van der Waals surface area contributed by atoms with Crippen molar-refractivity contribution < 1.29 is 22.3 Å². The molecule has 0 aliphatic heterocycles. The first-order valence-corrected chi connectivity index (χ1v) is 8.71. The van der Waals surface area contributed by atoms with Crippen molar-refractivity contribution in [3.8, 4) is 5.75 Å². The van der Waals surface area contributed by atoms with Crippen LogP contribution < -0.4 is 10.9 Å². The van der Waals surface area contributed by atoms with Crippen molar-refractivity contribution in [2.45, 2.75) is 51.9 Å². The maximum atomic E-state index is 8.74. The summed E-state index contributed by atoms with van der Waals surface area (Å²) in [7, 11) is -4.67. The van der Waals surface area contributed by atoms with Crippen molar-refractivity contribution in [1.82, 2.24) is 6.15 Å². The third-order valence-corrected chi connectivity index (χ3v) is 2.76. The largest absolute Gasteiger partial charge is 0.494 e. The molecule has 0 atom stereocenters. The smallest absolute Gasteiger partial charge is 0.394 e. The zero-order valence-electron chi connectivity index (χ0n) is 13.3. The first kappa shape index (κ1) is 23.1. The van der Waals surface area contributed by atoms with Gasteiger partial charge in [-0.25, -0.2) is 0 Å². The lowest BCUT2D eigenvalue weighted by Gasteiger charge is -2.05. The van der Waals surface area contributed by atoms with Crippen LogP contribution in [0, 0.1) is 0 Å². The van der Waals surface area contributed by atoms with E-state index in [0.717, 1.165) is 12.4 Å². The molecule has 0 unspecified atom stereocenters. The molecule has 0 bridgehead atoms. The average molecular weight is 335 g/mol. The van der Waals surface area contributed by atoms with Crippen molar-refractivity contribution in [2.24, 2.45) is 0 Å². The van der Waals surface area contributed by atoms with Crippen molar-refractivity contribution in [2.75, 3.05) is 6.61 Å². The highest BCUT2D eigenvalue weighted by atomic mass is 32.3. The molecule has 1 aromatic carbocycles. The van der Waals surface area contributed by atoms with Crippen molar-refractivity contribution in [3.63, 3.8) is 0 Å². The second-order valence-electron chi connectivity index (χ2n) is 4.73. The summed E-state index contributed by atoms with van der Waals surface area (Å²) in [5, 5.41) is 0. The Hall–Kier alpha value is -1.15. The molecule has 5 N–H and O–H groups in total. The van der Waals surface area contributed by atoms with E-state index in [9.17, 15) is 0 Å². The fourth-order valence-electron chi connectivity index (χ4n) is 1.77. The van der Waals surface area contributed by atoms with Crippen LogP contribution in [0.2, 0.25) is 0 Å². The lowest BCUT2D eigenvalue weighted by Crippen LogP contribution is -1.96. The van der Waals surface area contributed by atoms with Crippen LogP contribution in [-0.2, 0) is 10.4 Å². The second-order valence-corrected chi connectivity index (χ2v) is 5.63. The predicted molar refractivity (Wildman–Crippen MR) is 89.1 cm³/mol. The van der Waals surface area contributed by atoms with Gasteiger partial charge in [0.2, 0.25) is 0 Å². The van der Waals surface area contributed by atoms with Crippen molar-refractivity contribution >= 4 is 10.4 Å². The third kappa shape index (κ3) is 21.2. The Morgan fingerprint density at radius 2 is 1.36 bits per heavy atom. The molecule has 22 heavy (non-hydrogen) atoms. The number of unbranched alkanes of at least 4 members (excludes halogenated alkanes) is 6. The molecule has 1 rings (SSSR count). The van der Waals surface area contributed by atoms with Gasteiger partial charge in [-0.3, -0.25) is 9.11 Å². The summed E-state index contributed by atoms with van der Waals surface area (Å²) in [6.07, 6.45) is 9.35. The minimum absolute atomic E-state index is 0. The molecule has 0 saturated heterocycles. The van der Waals surface area contributed by atoms with Crippen molar-refractivity contribution in [1.29, 1.82) is 0 Å². The van der Waals surface area contributed by atoms with Gasteiger partial charge in [0.1, 0.15) is 5.75 Å². The Kier molecular flexibility index (Phi) is 15.5. The molecule has 6 nitrogen and oxygen atoms in total. The average Bonchev–Trinajstić information content (AvgIpc) is 2.41. The molecule has 130 valence electrons. The zero-order valence-corrected chi connectivity index (χ0v) is 14.1. The van der Waals surface area contributed by atoms with E-state index >= 15 is 0 Å². The second kappa shape index (κ2) is 14.8. The van der Waals surface area contributed by atoms with E-state index in [1.54, 1.807) is 0 Å². The fraction of sp³-hybridized carbons (Fsp3) is 0.600. The Balaban J connectivity index is 0. The quantitative estimate of drug-likeness (QED) is 0.456. The van der Waals surface area contributed by atoms with Gasteiger partial charge in [-0.15, -0.1) is 0 Å². The summed E-state index contributed by atoms with van der Waals surface area (Å²) in [5.41, 5.74) is 0. The highest BCUT2D eigenvalue weighted by Gasteiger charge is 1.93. The Morgan fingerprint density at radius 3 is 1.86 bits per heavy atom. The van der Waals surface area contributed by atoms with E-state index in [2.05, 4.69) is 6.92 Å². The maximum Gasteiger partial charge on any atom is 0.394 e. The Labute approximate surface area is 134 Å². The van der Waals surface area contributed by atoms with Crippen LogP contribution in [0.5, 0.6) is 5.75 Å². The first-order chi connectivity index (χ1) is 9.93. The monoisotopic (exact) mass is 335 g/mol. The third-order valence-electron chi connectivity index (χ3n) is 2.76. The van der Waals surface area contributed by atoms with Gasteiger partial charge in [0.25, 0.3) is 0 Å². The minimum Gasteiger partial charge on any atom is -0.494 e. The summed E-state index contributed by atoms with van der Waals surface area (Å²) in [4.78, 5) is 0. The zero-order chi connectivity index (χ0) is 16.0. The lowest BCUT2D eigenvalue weighted by atomic mass is 10.1. The van der Waals surface area contributed by atoms with E-state index in [1.807, 2.05) is 30.3 Å². The van der Waals surface area contributed by atoms with Crippen LogP contribution in [0.1, 0.15) is 51.9 Å². The van der Waals surface area contributed by atoms with Crippen LogP contribution >= 0.6 is 0 Å². The molecule has 0 fully saturated rings. The Bertz CT molecular complexity index is 429. The predicted octanol–water partition coefficient (Wildman–Crippen LogP) is 4.33. The molecule has 0 spiro atoms. The number of para-hydroxylation sites is 1. The van der Waals surface area contributed by atoms with Gasteiger partial charge >= 0.3 is 10.4 Å². The molecule has 0 aliphatic carbocycles. The topological polar surface area (TPSA) is 119 Å². The van der Waals surface area contributed by atoms with Crippen LogP contribution in [0.25, 0.3) is 0 Å². The summed E-state index contributed by atoms with van der Waals surface area (Å²) in [6, 6.07) is 10.1. The molecular formula is C15H29NO5S. The summed E-state index contributed by atoms with van der Waals surface area (Å²) in [6.45, 7) is 3.12. The summed E-state index contributed by atoms with van der Waals surface area (Å²) < 4.78 is 37.2. The molecule has 7 heteroatoms. The number of ether oxygens (including phenoxy) is 1. The number of hydrogen-bond acceptors (Lipinski definition) is 4. The van der Waals surface area contributed by atoms with Gasteiger partial charge < -0.3 is 10.9 Å². The summed E-state index contributed by atoms with van der Waals surface area (Å²) >= 11 is 0. The molecule has 1 aromatic rings.